The molecule has 0 saturated carbocycles. The van der Waals surface area contributed by atoms with E-state index in [1.807, 2.05) is 4.90 Å². The van der Waals surface area contributed by atoms with Crippen LogP contribution in [0, 0.1) is 11.6 Å². The minimum Gasteiger partial charge on any atom is -0.480 e. The summed E-state index contributed by atoms with van der Waals surface area (Å²) in [6.45, 7) is 3.59. The largest absolute Gasteiger partial charge is 0.480 e. The molecule has 0 unspecified atom stereocenters. The van der Waals surface area contributed by atoms with E-state index in [1.54, 1.807) is 6.07 Å². The molecule has 1 N–H and O–H groups in total. The summed E-state index contributed by atoms with van der Waals surface area (Å²) in [5.74, 6) is -2.49. The highest BCUT2D eigenvalue weighted by Gasteiger charge is 2.17. The van der Waals surface area contributed by atoms with Crippen molar-refractivity contribution in [1.82, 2.24) is 9.80 Å². The van der Waals surface area contributed by atoms with Gasteiger partial charge in [0.25, 0.3) is 0 Å². The van der Waals surface area contributed by atoms with Gasteiger partial charge in [-0.25, -0.2) is 8.78 Å². The number of carboxylic acid groups (broad SMARTS) is 1. The van der Waals surface area contributed by atoms with Crippen molar-refractivity contribution in [3.05, 3.63) is 35.4 Å². The zero-order valence-corrected chi connectivity index (χ0v) is 11.2. The van der Waals surface area contributed by atoms with Crippen molar-refractivity contribution in [1.29, 1.82) is 0 Å². The Kier molecular flexibility index (Phi) is 5.03. The molecule has 1 heterocycles. The molecular weight excluding hydrogens is 266 g/mol. The molecule has 1 saturated heterocycles. The minimum absolute atomic E-state index is 0.0546. The molecular formula is C14H18F2N2O2. The Hall–Kier alpha value is -1.53. The molecule has 0 spiro atoms. The minimum atomic E-state index is -0.836. The Morgan fingerprint density at radius 1 is 1.10 bits per heavy atom. The van der Waals surface area contributed by atoms with Gasteiger partial charge in [-0.05, 0) is 30.7 Å². The van der Waals surface area contributed by atoms with E-state index < -0.39 is 17.6 Å². The fourth-order valence-electron chi connectivity index (χ4n) is 2.43. The molecule has 0 atom stereocenters. The monoisotopic (exact) mass is 284 g/mol. The zero-order chi connectivity index (χ0) is 14.5. The van der Waals surface area contributed by atoms with E-state index in [4.69, 9.17) is 5.11 Å². The summed E-state index contributed by atoms with van der Waals surface area (Å²) in [5, 5.41) is 8.78. The number of nitrogens with zero attached hydrogens (tertiary/aromatic N) is 2. The first-order valence-electron chi connectivity index (χ1n) is 6.65. The molecule has 0 amide bonds. The average molecular weight is 284 g/mol. The first kappa shape index (κ1) is 14.9. The predicted molar refractivity (Wildman–Crippen MR) is 70.3 cm³/mol. The van der Waals surface area contributed by atoms with Crippen molar-refractivity contribution in [2.45, 2.75) is 13.0 Å². The van der Waals surface area contributed by atoms with Gasteiger partial charge in [0.2, 0.25) is 0 Å². The molecule has 20 heavy (non-hydrogen) atoms. The van der Waals surface area contributed by atoms with E-state index in [0.717, 1.165) is 37.7 Å². The van der Waals surface area contributed by atoms with Crippen LogP contribution in [0.3, 0.4) is 0 Å². The summed E-state index contributed by atoms with van der Waals surface area (Å²) in [7, 11) is 0. The van der Waals surface area contributed by atoms with Gasteiger partial charge in [-0.15, -0.1) is 0 Å². The van der Waals surface area contributed by atoms with Crippen LogP contribution >= 0.6 is 0 Å². The molecule has 1 aliphatic heterocycles. The number of halogens is 2. The molecule has 0 aromatic heterocycles. The van der Waals surface area contributed by atoms with Gasteiger partial charge in [0, 0.05) is 26.2 Å². The zero-order valence-electron chi connectivity index (χ0n) is 11.2. The Balaban J connectivity index is 1.90. The van der Waals surface area contributed by atoms with Crippen LogP contribution in [0.1, 0.15) is 12.0 Å². The number of hydrogen-bond acceptors (Lipinski definition) is 3. The lowest BCUT2D eigenvalue weighted by Gasteiger charge is -2.20. The summed E-state index contributed by atoms with van der Waals surface area (Å²) in [4.78, 5) is 14.7. The average Bonchev–Trinajstić information content (AvgIpc) is 2.59. The molecule has 1 fully saturated rings. The van der Waals surface area contributed by atoms with E-state index in [1.165, 1.54) is 6.07 Å². The van der Waals surface area contributed by atoms with Gasteiger partial charge < -0.3 is 5.11 Å². The van der Waals surface area contributed by atoms with Crippen molar-refractivity contribution in [2.24, 2.45) is 0 Å². The number of aliphatic carboxylic acids is 1. The molecule has 1 aliphatic rings. The molecule has 4 nitrogen and oxygen atoms in total. The van der Waals surface area contributed by atoms with Crippen LogP contribution in [0.5, 0.6) is 0 Å². The summed E-state index contributed by atoms with van der Waals surface area (Å²) >= 11 is 0. The maximum Gasteiger partial charge on any atom is 0.317 e. The second-order valence-corrected chi connectivity index (χ2v) is 5.05. The van der Waals surface area contributed by atoms with E-state index in [9.17, 15) is 13.6 Å². The van der Waals surface area contributed by atoms with Crippen molar-refractivity contribution < 1.29 is 18.7 Å². The topological polar surface area (TPSA) is 43.8 Å². The fourth-order valence-corrected chi connectivity index (χ4v) is 2.43. The molecule has 0 radical (unpaired) electrons. The van der Waals surface area contributed by atoms with Crippen LogP contribution in [-0.2, 0) is 11.3 Å². The van der Waals surface area contributed by atoms with Gasteiger partial charge in [0.15, 0.2) is 11.6 Å². The maximum atomic E-state index is 13.2. The highest BCUT2D eigenvalue weighted by molar-refractivity contribution is 5.69. The van der Waals surface area contributed by atoms with Gasteiger partial charge in [0.1, 0.15) is 0 Å². The van der Waals surface area contributed by atoms with Crippen LogP contribution < -0.4 is 0 Å². The molecule has 2 rings (SSSR count). The predicted octanol–water partition coefficient (Wildman–Crippen LogP) is 1.56. The lowest BCUT2D eigenvalue weighted by atomic mass is 10.2. The van der Waals surface area contributed by atoms with E-state index >= 15 is 0 Å². The molecule has 0 bridgehead atoms. The van der Waals surface area contributed by atoms with Crippen molar-refractivity contribution in [3.8, 4) is 0 Å². The highest BCUT2D eigenvalue weighted by atomic mass is 19.2. The lowest BCUT2D eigenvalue weighted by Crippen LogP contribution is -2.34. The van der Waals surface area contributed by atoms with Crippen molar-refractivity contribution >= 4 is 5.97 Å². The Bertz CT molecular complexity index is 482. The first-order chi connectivity index (χ1) is 9.54. The van der Waals surface area contributed by atoms with Crippen molar-refractivity contribution in [2.75, 3.05) is 32.7 Å². The number of carboxylic acids is 1. The third kappa shape index (κ3) is 4.25. The van der Waals surface area contributed by atoms with Gasteiger partial charge in [-0.2, -0.15) is 0 Å². The molecule has 6 heteroatoms. The number of carbonyl (C=O) groups is 1. The van der Waals surface area contributed by atoms with Crippen LogP contribution in [0.15, 0.2) is 18.2 Å². The fraction of sp³-hybridized carbons (Fsp3) is 0.500. The van der Waals surface area contributed by atoms with Crippen LogP contribution in [-0.4, -0.2) is 53.6 Å². The maximum absolute atomic E-state index is 13.2. The third-order valence-corrected chi connectivity index (χ3v) is 3.43. The highest BCUT2D eigenvalue weighted by Crippen LogP contribution is 2.12. The summed E-state index contributed by atoms with van der Waals surface area (Å²) in [6, 6.07) is 3.94. The lowest BCUT2D eigenvalue weighted by molar-refractivity contribution is -0.138. The van der Waals surface area contributed by atoms with Crippen LogP contribution in [0.4, 0.5) is 8.78 Å². The van der Waals surface area contributed by atoms with Gasteiger partial charge in [0.05, 0.1) is 6.54 Å². The summed E-state index contributed by atoms with van der Waals surface area (Å²) < 4.78 is 26.0. The van der Waals surface area contributed by atoms with Crippen molar-refractivity contribution in [3.63, 3.8) is 0 Å². The number of hydrogen-bond donors (Lipinski definition) is 1. The Labute approximate surface area is 116 Å². The Morgan fingerprint density at radius 2 is 1.80 bits per heavy atom. The SMILES string of the molecule is O=C(O)CN1CCCN(Cc2ccc(F)c(F)c2)CC1. The van der Waals surface area contributed by atoms with Crippen LogP contribution in [0.2, 0.25) is 0 Å². The van der Waals surface area contributed by atoms with E-state index in [0.29, 0.717) is 13.1 Å². The van der Waals surface area contributed by atoms with Gasteiger partial charge in [-0.1, -0.05) is 6.07 Å². The first-order valence-corrected chi connectivity index (χ1v) is 6.65. The third-order valence-electron chi connectivity index (χ3n) is 3.43. The smallest absolute Gasteiger partial charge is 0.317 e. The second kappa shape index (κ2) is 6.76. The molecule has 1 aromatic carbocycles. The van der Waals surface area contributed by atoms with Crippen LogP contribution in [0.25, 0.3) is 0 Å². The molecule has 0 aliphatic carbocycles. The van der Waals surface area contributed by atoms with E-state index in [2.05, 4.69) is 4.90 Å². The number of rotatable bonds is 4. The quantitative estimate of drug-likeness (QED) is 0.911. The Morgan fingerprint density at radius 3 is 2.50 bits per heavy atom. The normalized spacial score (nSPS) is 17.9. The molecule has 110 valence electrons. The molecule has 1 aromatic rings. The summed E-state index contributed by atoms with van der Waals surface area (Å²) in [5.41, 5.74) is 0.732. The summed E-state index contributed by atoms with van der Waals surface area (Å²) in [6.07, 6.45) is 0.872. The second-order valence-electron chi connectivity index (χ2n) is 5.05. The van der Waals surface area contributed by atoms with Gasteiger partial charge >= 0.3 is 5.97 Å². The van der Waals surface area contributed by atoms with E-state index in [-0.39, 0.29) is 6.54 Å². The van der Waals surface area contributed by atoms with Gasteiger partial charge in [-0.3, -0.25) is 14.6 Å². The standard InChI is InChI=1S/C14H18F2N2O2/c15-12-3-2-11(8-13(12)16)9-17-4-1-5-18(7-6-17)10-14(19)20/h2-3,8H,1,4-7,9-10H2,(H,19,20). The number of benzene rings is 1.